The van der Waals surface area contributed by atoms with Gasteiger partial charge in [-0.3, -0.25) is 5.43 Å². The number of hydrogen-bond acceptors (Lipinski definition) is 4. The van der Waals surface area contributed by atoms with Crippen molar-refractivity contribution in [2.45, 2.75) is 0 Å². The van der Waals surface area contributed by atoms with Gasteiger partial charge in [0.2, 0.25) is 0 Å². The quantitative estimate of drug-likeness (QED) is 0.397. The number of thiocarbonyl (C=S) groups is 1. The summed E-state index contributed by atoms with van der Waals surface area (Å²) in [7, 11) is 0. The lowest BCUT2D eigenvalue weighted by Gasteiger charge is -2.05. The van der Waals surface area contributed by atoms with Crippen molar-refractivity contribution in [3.63, 3.8) is 0 Å². The summed E-state index contributed by atoms with van der Waals surface area (Å²) >= 11 is 4.57. The first-order valence-electron chi connectivity index (χ1n) is 4.61. The van der Waals surface area contributed by atoms with Gasteiger partial charge in [0, 0.05) is 5.56 Å². The van der Waals surface area contributed by atoms with Gasteiger partial charge in [-0.15, -0.1) is 0 Å². The zero-order chi connectivity index (χ0) is 12.7. The van der Waals surface area contributed by atoms with E-state index in [9.17, 15) is 4.79 Å². The molecule has 1 aromatic rings. The zero-order valence-electron chi connectivity index (χ0n) is 8.79. The van der Waals surface area contributed by atoms with Gasteiger partial charge in [0.1, 0.15) is 5.75 Å². The fourth-order valence-corrected chi connectivity index (χ4v) is 1.08. The average molecular weight is 253 g/mol. The van der Waals surface area contributed by atoms with Crippen LogP contribution >= 0.6 is 12.2 Å². The molecule has 0 bridgehead atoms. The van der Waals surface area contributed by atoms with E-state index in [0.29, 0.717) is 11.3 Å². The molecule has 90 valence electrons. The molecule has 0 fully saturated rings. The molecule has 17 heavy (non-hydrogen) atoms. The number of nitrogens with zero attached hydrogens (tertiary/aromatic N) is 1. The number of benzene rings is 1. The number of carboxylic acid groups (broad SMARTS) is 1. The lowest BCUT2D eigenvalue weighted by molar-refractivity contribution is -0.139. The van der Waals surface area contributed by atoms with Crippen molar-refractivity contribution < 1.29 is 14.6 Å². The number of para-hydroxylation sites is 1. The van der Waals surface area contributed by atoms with Crippen molar-refractivity contribution in [3.05, 3.63) is 29.8 Å². The second kappa shape index (κ2) is 6.44. The van der Waals surface area contributed by atoms with Crippen molar-refractivity contribution in [1.29, 1.82) is 0 Å². The highest BCUT2D eigenvalue weighted by atomic mass is 32.1. The number of rotatable bonds is 5. The first-order chi connectivity index (χ1) is 8.09. The van der Waals surface area contributed by atoms with Gasteiger partial charge in [-0.1, -0.05) is 12.1 Å². The molecule has 0 aromatic heterocycles. The molecule has 6 nitrogen and oxygen atoms in total. The predicted molar refractivity (Wildman–Crippen MR) is 67.1 cm³/mol. The van der Waals surface area contributed by atoms with Crippen LogP contribution in [0, 0.1) is 0 Å². The molecule has 0 aliphatic heterocycles. The first kappa shape index (κ1) is 12.9. The molecule has 0 aliphatic carbocycles. The van der Waals surface area contributed by atoms with E-state index >= 15 is 0 Å². The Balaban J connectivity index is 2.73. The summed E-state index contributed by atoms with van der Waals surface area (Å²) in [5, 5.41) is 12.3. The highest BCUT2D eigenvalue weighted by Crippen LogP contribution is 2.15. The molecule has 0 aliphatic rings. The molecule has 0 saturated carbocycles. The molecule has 0 spiro atoms. The van der Waals surface area contributed by atoms with Crippen molar-refractivity contribution in [1.82, 2.24) is 5.43 Å². The van der Waals surface area contributed by atoms with Crippen LogP contribution in [-0.4, -0.2) is 29.0 Å². The van der Waals surface area contributed by atoms with Crippen LogP contribution in [0.1, 0.15) is 5.56 Å². The standard InChI is InChI=1S/C10H11N3O3S/c11-10(17)13-12-5-7-3-1-2-4-8(7)16-6-9(14)15/h1-5H,6H2,(H,14,15)(H3,11,13,17)/b12-5+. The Morgan fingerprint density at radius 1 is 1.59 bits per heavy atom. The minimum Gasteiger partial charge on any atom is -0.481 e. The molecular formula is C10H11N3O3S. The maximum atomic E-state index is 10.4. The fraction of sp³-hybridized carbons (Fsp3) is 0.100. The topological polar surface area (TPSA) is 96.9 Å². The molecule has 0 saturated heterocycles. The van der Waals surface area contributed by atoms with Crippen LogP contribution in [0.5, 0.6) is 5.75 Å². The van der Waals surface area contributed by atoms with E-state index in [-0.39, 0.29) is 5.11 Å². The second-order valence-electron chi connectivity index (χ2n) is 2.95. The molecule has 7 heteroatoms. The highest BCUT2D eigenvalue weighted by Gasteiger charge is 2.03. The second-order valence-corrected chi connectivity index (χ2v) is 3.39. The zero-order valence-corrected chi connectivity index (χ0v) is 9.61. The van der Waals surface area contributed by atoms with Crippen molar-refractivity contribution in [3.8, 4) is 5.75 Å². The summed E-state index contributed by atoms with van der Waals surface area (Å²) in [5.74, 6) is -0.624. The van der Waals surface area contributed by atoms with Crippen molar-refractivity contribution >= 4 is 29.5 Å². The molecule has 4 N–H and O–H groups in total. The van der Waals surface area contributed by atoms with Gasteiger partial charge in [0.15, 0.2) is 11.7 Å². The maximum Gasteiger partial charge on any atom is 0.341 e. The third-order valence-corrected chi connectivity index (χ3v) is 1.74. The van der Waals surface area contributed by atoms with Gasteiger partial charge in [0.05, 0.1) is 6.21 Å². The Hall–Kier alpha value is -2.15. The van der Waals surface area contributed by atoms with E-state index in [4.69, 9.17) is 15.6 Å². The molecule has 0 unspecified atom stereocenters. The van der Waals surface area contributed by atoms with E-state index in [1.165, 1.54) is 6.21 Å². The van der Waals surface area contributed by atoms with Crippen molar-refractivity contribution in [2.24, 2.45) is 10.8 Å². The Kier molecular flexibility index (Phi) is 4.89. The van der Waals surface area contributed by atoms with Gasteiger partial charge in [0.25, 0.3) is 0 Å². The molecule has 1 aromatic carbocycles. The number of hydrogen-bond donors (Lipinski definition) is 3. The first-order valence-corrected chi connectivity index (χ1v) is 5.02. The summed E-state index contributed by atoms with van der Waals surface area (Å²) < 4.78 is 5.07. The SMILES string of the molecule is NC(=S)N/N=C/c1ccccc1OCC(=O)O. The van der Waals surface area contributed by atoms with Gasteiger partial charge < -0.3 is 15.6 Å². The number of hydrazone groups is 1. The normalized spacial score (nSPS) is 10.1. The lowest BCUT2D eigenvalue weighted by Crippen LogP contribution is -2.24. The van der Waals surface area contributed by atoms with Crippen molar-refractivity contribution in [2.75, 3.05) is 6.61 Å². The summed E-state index contributed by atoms with van der Waals surface area (Å²) in [6.07, 6.45) is 1.44. The number of nitrogens with two attached hydrogens (primary N) is 1. The monoisotopic (exact) mass is 253 g/mol. The molecule has 0 amide bonds. The lowest BCUT2D eigenvalue weighted by atomic mass is 10.2. The van der Waals surface area contributed by atoms with Gasteiger partial charge in [-0.2, -0.15) is 5.10 Å². The van der Waals surface area contributed by atoms with Crippen LogP contribution in [0.15, 0.2) is 29.4 Å². The summed E-state index contributed by atoms with van der Waals surface area (Å²) in [6.45, 7) is -0.409. The summed E-state index contributed by atoms with van der Waals surface area (Å²) in [4.78, 5) is 10.4. The van der Waals surface area contributed by atoms with Gasteiger partial charge in [-0.25, -0.2) is 4.79 Å². The number of ether oxygens (including phenoxy) is 1. The van der Waals surface area contributed by atoms with E-state index in [1.807, 2.05) is 0 Å². The van der Waals surface area contributed by atoms with E-state index < -0.39 is 12.6 Å². The predicted octanol–water partition coefficient (Wildman–Crippen LogP) is 0.317. The minimum atomic E-state index is -1.04. The maximum absolute atomic E-state index is 10.4. The molecule has 1 rings (SSSR count). The largest absolute Gasteiger partial charge is 0.481 e. The molecular weight excluding hydrogens is 242 g/mol. The Morgan fingerprint density at radius 2 is 2.29 bits per heavy atom. The van der Waals surface area contributed by atoms with Crippen LogP contribution in [0.3, 0.4) is 0 Å². The van der Waals surface area contributed by atoms with E-state index in [2.05, 4.69) is 22.7 Å². The molecule has 0 radical (unpaired) electrons. The van der Waals surface area contributed by atoms with Crippen LogP contribution < -0.4 is 15.9 Å². The fourth-order valence-electron chi connectivity index (χ4n) is 1.02. The Bertz CT molecular complexity index is 448. The molecule has 0 heterocycles. The third kappa shape index (κ3) is 4.94. The van der Waals surface area contributed by atoms with Gasteiger partial charge in [-0.05, 0) is 24.4 Å². The minimum absolute atomic E-state index is 0.0465. The van der Waals surface area contributed by atoms with Crippen LogP contribution in [-0.2, 0) is 4.79 Å². The third-order valence-electron chi connectivity index (χ3n) is 1.65. The van der Waals surface area contributed by atoms with Crippen LogP contribution in [0.2, 0.25) is 0 Å². The number of carbonyl (C=O) groups is 1. The highest BCUT2D eigenvalue weighted by molar-refractivity contribution is 7.80. The number of carboxylic acids is 1. The Morgan fingerprint density at radius 3 is 2.94 bits per heavy atom. The van der Waals surface area contributed by atoms with Crippen LogP contribution in [0.25, 0.3) is 0 Å². The van der Waals surface area contributed by atoms with E-state index in [1.54, 1.807) is 24.3 Å². The smallest absolute Gasteiger partial charge is 0.341 e. The molecule has 0 atom stereocenters. The average Bonchev–Trinajstić information content (AvgIpc) is 2.27. The van der Waals surface area contributed by atoms with Crippen LogP contribution in [0.4, 0.5) is 0 Å². The number of nitrogens with one attached hydrogen (secondary N) is 1. The summed E-state index contributed by atoms with van der Waals surface area (Å²) in [6, 6.07) is 6.87. The van der Waals surface area contributed by atoms with Gasteiger partial charge >= 0.3 is 5.97 Å². The number of aliphatic carboxylic acids is 1. The Labute approximate surface area is 103 Å². The summed E-state index contributed by atoms with van der Waals surface area (Å²) in [5.41, 5.74) is 8.21. The van der Waals surface area contributed by atoms with E-state index in [0.717, 1.165) is 0 Å².